The first-order valence-electron chi connectivity index (χ1n) is 12.1. The Labute approximate surface area is 223 Å². The van der Waals surface area contributed by atoms with Crippen molar-refractivity contribution in [2.45, 2.75) is 43.6 Å². The van der Waals surface area contributed by atoms with Crippen molar-refractivity contribution in [1.29, 1.82) is 0 Å². The quantitative estimate of drug-likeness (QED) is 0.502. The van der Waals surface area contributed by atoms with E-state index < -0.39 is 17.6 Å². The monoisotopic (exact) mass is 561 g/mol. The Morgan fingerprint density at radius 1 is 1.08 bits per heavy atom. The highest BCUT2D eigenvalue weighted by Crippen LogP contribution is 2.36. The number of piperidine rings is 1. The molecule has 0 spiro atoms. The lowest BCUT2D eigenvalue weighted by Gasteiger charge is -2.30. The summed E-state index contributed by atoms with van der Waals surface area (Å²) >= 11 is 12.4. The van der Waals surface area contributed by atoms with Gasteiger partial charge in [0.1, 0.15) is 5.82 Å². The number of carbonyl (C=O) groups is 1. The lowest BCUT2D eigenvalue weighted by Crippen LogP contribution is -2.44. The highest BCUT2D eigenvalue weighted by Gasteiger charge is 2.39. The van der Waals surface area contributed by atoms with Gasteiger partial charge in [0.25, 0.3) is 0 Å². The van der Waals surface area contributed by atoms with E-state index >= 15 is 0 Å². The number of aliphatic hydroxyl groups excluding tert-OH is 1. The second kappa shape index (κ2) is 11.5. The zero-order valence-electron chi connectivity index (χ0n) is 20.3. The van der Waals surface area contributed by atoms with E-state index in [1.165, 1.54) is 6.07 Å². The van der Waals surface area contributed by atoms with Crippen LogP contribution in [0.3, 0.4) is 0 Å². The number of carbonyl (C=O) groups excluding carboxylic acids is 1. The second-order valence-corrected chi connectivity index (χ2v) is 10.7. The van der Waals surface area contributed by atoms with Gasteiger partial charge in [-0.05, 0) is 55.3 Å². The average molecular weight is 562 g/mol. The van der Waals surface area contributed by atoms with Crippen molar-refractivity contribution in [3.05, 3.63) is 69.0 Å². The van der Waals surface area contributed by atoms with Crippen molar-refractivity contribution in [3.8, 4) is 0 Å². The van der Waals surface area contributed by atoms with Gasteiger partial charge in [-0.25, -0.2) is 4.39 Å². The molecule has 2 aliphatic heterocycles. The number of aliphatic hydroxyl groups is 1. The topological polar surface area (TPSA) is 47.0 Å². The minimum absolute atomic E-state index is 0.0297. The lowest BCUT2D eigenvalue weighted by molar-refractivity contribution is -0.140. The third-order valence-electron chi connectivity index (χ3n) is 7.27. The number of halogens is 6. The molecule has 2 heterocycles. The summed E-state index contributed by atoms with van der Waals surface area (Å²) in [5.41, 5.74) is -0.00533. The Balaban J connectivity index is 1.52. The van der Waals surface area contributed by atoms with Gasteiger partial charge in [0, 0.05) is 44.7 Å². The van der Waals surface area contributed by atoms with Crippen LogP contribution in [0.4, 0.5) is 17.6 Å². The summed E-state index contributed by atoms with van der Waals surface area (Å²) in [4.78, 5) is 18.9. The summed E-state index contributed by atoms with van der Waals surface area (Å²) in [6, 6.07) is 8.09. The van der Waals surface area contributed by atoms with E-state index in [1.807, 2.05) is 22.9 Å². The van der Waals surface area contributed by atoms with Crippen LogP contribution in [0, 0.1) is 5.82 Å². The summed E-state index contributed by atoms with van der Waals surface area (Å²) in [6.07, 6.45) is -3.82. The maximum absolute atomic E-state index is 14.2. The largest absolute Gasteiger partial charge is 0.419 e. The van der Waals surface area contributed by atoms with E-state index in [9.17, 15) is 27.5 Å². The molecule has 0 aromatic heterocycles. The van der Waals surface area contributed by atoms with Crippen LogP contribution in [0.15, 0.2) is 36.4 Å². The van der Waals surface area contributed by atoms with Gasteiger partial charge >= 0.3 is 6.18 Å². The first kappa shape index (κ1) is 28.1. The molecule has 2 aliphatic rings. The van der Waals surface area contributed by atoms with Gasteiger partial charge in [-0.2, -0.15) is 13.2 Å². The molecule has 202 valence electrons. The molecule has 1 N–H and O–H groups in total. The van der Waals surface area contributed by atoms with Crippen molar-refractivity contribution >= 4 is 29.1 Å². The van der Waals surface area contributed by atoms with Crippen LogP contribution >= 0.6 is 23.2 Å². The van der Waals surface area contributed by atoms with Crippen LogP contribution in [0.25, 0.3) is 0 Å². The number of rotatable bonds is 6. The molecule has 1 amide bonds. The predicted molar refractivity (Wildman–Crippen MR) is 134 cm³/mol. The van der Waals surface area contributed by atoms with Gasteiger partial charge in [-0.3, -0.25) is 14.6 Å². The molecule has 2 aromatic rings. The molecule has 2 fully saturated rings. The molecule has 0 bridgehead atoms. The van der Waals surface area contributed by atoms with E-state index in [1.54, 1.807) is 17.0 Å². The van der Waals surface area contributed by atoms with Gasteiger partial charge in [0.2, 0.25) is 5.91 Å². The number of likely N-dealkylation sites (tertiary alicyclic amines) is 2. The van der Waals surface area contributed by atoms with Crippen LogP contribution in [0.1, 0.15) is 35.4 Å². The number of likely N-dealkylation sites (N-methyl/N-ethyl adjacent to an activating group) is 1. The normalized spacial score (nSPS) is 21.7. The van der Waals surface area contributed by atoms with Gasteiger partial charge < -0.3 is 10.0 Å². The smallest absolute Gasteiger partial charge is 0.393 e. The summed E-state index contributed by atoms with van der Waals surface area (Å²) in [7, 11) is 1.81. The van der Waals surface area contributed by atoms with Crippen LogP contribution in [0.5, 0.6) is 0 Å². The van der Waals surface area contributed by atoms with Crippen molar-refractivity contribution < 1.29 is 27.5 Å². The number of benzene rings is 2. The van der Waals surface area contributed by atoms with Crippen molar-refractivity contribution in [2.75, 3.05) is 39.8 Å². The molecule has 4 rings (SSSR count). The predicted octanol–water partition coefficient (Wildman–Crippen LogP) is 5.03. The summed E-state index contributed by atoms with van der Waals surface area (Å²) in [6.45, 7) is 2.59. The van der Waals surface area contributed by atoms with E-state index in [4.69, 9.17) is 23.2 Å². The number of hydrogen-bond acceptors (Lipinski definition) is 4. The molecule has 2 aromatic carbocycles. The fourth-order valence-electron chi connectivity index (χ4n) is 5.17. The molecule has 11 heteroatoms. The molecular weight excluding hydrogens is 533 g/mol. The van der Waals surface area contributed by atoms with Crippen LogP contribution in [-0.2, 0) is 17.5 Å². The Morgan fingerprint density at radius 2 is 1.78 bits per heavy atom. The maximum atomic E-state index is 14.2. The van der Waals surface area contributed by atoms with Crippen molar-refractivity contribution in [3.63, 3.8) is 0 Å². The number of nitrogens with zero attached hydrogens (tertiary/aromatic N) is 3. The SMILES string of the molecule is CN(Cc1ccc(C(F)(F)F)c(F)c1)[C@@H]1CN(C(=O)CN2CCC(O)CC2)C[C@@H]1c1ccc(Cl)c(Cl)c1. The standard InChI is InChI=1S/C26H29Cl2F4N3O2/c1-33(12-16-2-4-20(23(29)10-16)26(30,31)32)24-14-35(25(37)15-34-8-6-18(36)7-9-34)13-19(24)17-3-5-21(27)22(28)11-17/h2-5,10-11,18-19,24,36H,6-9,12-15H2,1H3/t19-,24-/m1/s1. The van der Waals surface area contributed by atoms with Crippen LogP contribution in [-0.4, -0.2) is 77.6 Å². The molecule has 5 nitrogen and oxygen atoms in total. The summed E-state index contributed by atoms with van der Waals surface area (Å²) in [5, 5.41) is 10.5. The maximum Gasteiger partial charge on any atom is 0.419 e. The molecular formula is C26H29Cl2F4N3O2. The van der Waals surface area contributed by atoms with E-state index in [0.717, 1.165) is 17.7 Å². The van der Waals surface area contributed by atoms with Crippen molar-refractivity contribution in [2.24, 2.45) is 0 Å². The fraction of sp³-hybridized carbons (Fsp3) is 0.500. The highest BCUT2D eigenvalue weighted by atomic mass is 35.5. The molecule has 0 aliphatic carbocycles. The minimum Gasteiger partial charge on any atom is -0.393 e. The molecule has 0 unspecified atom stereocenters. The zero-order chi connectivity index (χ0) is 26.9. The molecule has 0 radical (unpaired) electrons. The molecule has 0 saturated carbocycles. The Morgan fingerprint density at radius 3 is 2.41 bits per heavy atom. The molecule has 2 saturated heterocycles. The second-order valence-electron chi connectivity index (χ2n) is 9.88. The Bertz CT molecular complexity index is 1130. The van der Waals surface area contributed by atoms with Gasteiger partial charge in [-0.1, -0.05) is 35.3 Å². The fourth-order valence-corrected chi connectivity index (χ4v) is 5.47. The minimum atomic E-state index is -4.76. The number of hydrogen-bond donors (Lipinski definition) is 1. The average Bonchev–Trinajstić information content (AvgIpc) is 3.27. The van der Waals surface area contributed by atoms with E-state index in [0.29, 0.717) is 54.6 Å². The Kier molecular flexibility index (Phi) is 8.70. The van der Waals surface area contributed by atoms with Crippen molar-refractivity contribution in [1.82, 2.24) is 14.7 Å². The van der Waals surface area contributed by atoms with Crippen LogP contribution in [0.2, 0.25) is 10.0 Å². The summed E-state index contributed by atoms with van der Waals surface area (Å²) < 4.78 is 53.1. The van der Waals surface area contributed by atoms with E-state index in [2.05, 4.69) is 0 Å². The Hall–Kier alpha value is -1.91. The summed E-state index contributed by atoms with van der Waals surface area (Å²) in [5.74, 6) is -1.47. The third-order valence-corrected chi connectivity index (χ3v) is 8.01. The lowest BCUT2D eigenvalue weighted by atomic mass is 9.93. The first-order chi connectivity index (χ1) is 17.4. The van der Waals surface area contributed by atoms with Crippen LogP contribution < -0.4 is 0 Å². The zero-order valence-corrected chi connectivity index (χ0v) is 21.8. The molecule has 2 atom stereocenters. The first-order valence-corrected chi connectivity index (χ1v) is 12.9. The van der Waals surface area contributed by atoms with Gasteiger partial charge in [-0.15, -0.1) is 0 Å². The van der Waals surface area contributed by atoms with Gasteiger partial charge in [0.15, 0.2) is 0 Å². The van der Waals surface area contributed by atoms with Gasteiger partial charge in [0.05, 0.1) is 28.3 Å². The number of amides is 1. The highest BCUT2D eigenvalue weighted by molar-refractivity contribution is 6.42. The number of alkyl halides is 3. The molecule has 37 heavy (non-hydrogen) atoms. The third kappa shape index (κ3) is 6.75. The van der Waals surface area contributed by atoms with E-state index in [-0.39, 0.29) is 37.1 Å².